The molecule has 0 aliphatic rings. The Morgan fingerprint density at radius 2 is 1.84 bits per heavy atom. The zero-order valence-corrected chi connectivity index (χ0v) is 25.6. The highest BCUT2D eigenvalue weighted by molar-refractivity contribution is 7.85. The molecule has 0 fully saturated rings. The molecular weight excluding hydrogens is 598 g/mol. The number of aliphatic hydroxyl groups excluding tert-OH is 1. The van der Waals surface area contributed by atoms with Crippen molar-refractivity contribution in [1.29, 1.82) is 0 Å². The quantitative estimate of drug-likeness (QED) is 0.167. The number of aryl methyl sites for hydroxylation is 1. The van der Waals surface area contributed by atoms with Crippen molar-refractivity contribution in [3.05, 3.63) is 95.6 Å². The number of anilines is 1. The third-order valence-corrected chi connectivity index (χ3v) is 8.78. The zero-order chi connectivity index (χ0) is 31.8. The molecule has 6 rings (SSSR count). The number of carbonyl (C=O) groups is 1. The molecule has 0 spiro atoms. The van der Waals surface area contributed by atoms with Crippen molar-refractivity contribution < 1.29 is 27.3 Å². The zero-order valence-electron chi connectivity index (χ0n) is 24.8. The van der Waals surface area contributed by atoms with Crippen LogP contribution in [0.15, 0.2) is 77.2 Å². The number of furan rings is 1. The van der Waals surface area contributed by atoms with Gasteiger partial charge in [-0.25, -0.2) is 18.0 Å². The van der Waals surface area contributed by atoms with E-state index in [4.69, 9.17) is 9.40 Å². The van der Waals surface area contributed by atoms with E-state index in [1.54, 1.807) is 47.9 Å². The molecule has 6 aromatic rings. The molecule has 3 N–H and O–H groups in total. The lowest BCUT2D eigenvalue weighted by Gasteiger charge is -2.20. The Labute approximate surface area is 260 Å². The Kier molecular flexibility index (Phi) is 8.22. The van der Waals surface area contributed by atoms with Crippen molar-refractivity contribution in [2.45, 2.75) is 12.8 Å². The first-order chi connectivity index (χ1) is 21.7. The number of hydrogen-bond donors (Lipinski definition) is 3. The Balaban J connectivity index is 1.61. The number of H-pyrrole nitrogens is 1. The maximum Gasteiger partial charge on any atom is 0.255 e. The first-order valence-corrected chi connectivity index (χ1v) is 15.8. The van der Waals surface area contributed by atoms with Crippen LogP contribution in [0.2, 0.25) is 0 Å². The lowest BCUT2D eigenvalue weighted by Crippen LogP contribution is -2.20. The molecule has 11 heteroatoms. The number of benzene rings is 3. The van der Waals surface area contributed by atoms with E-state index in [1.807, 2.05) is 12.1 Å². The predicted octanol–water partition coefficient (Wildman–Crippen LogP) is 6.60. The van der Waals surface area contributed by atoms with Crippen molar-refractivity contribution in [2.24, 2.45) is 0 Å². The van der Waals surface area contributed by atoms with Crippen molar-refractivity contribution in [3.63, 3.8) is 0 Å². The summed E-state index contributed by atoms with van der Waals surface area (Å²) in [6.07, 6.45) is 2.59. The summed E-state index contributed by atoms with van der Waals surface area (Å²) in [6.45, 7) is -0.00437. The first-order valence-electron chi connectivity index (χ1n) is 14.2. The van der Waals surface area contributed by atoms with Gasteiger partial charge in [0.15, 0.2) is 0 Å². The fourth-order valence-corrected chi connectivity index (χ4v) is 5.91. The molecule has 1 amide bonds. The number of carbonyl (C=O) groups excluding carboxylic acids is 1. The molecule has 0 saturated carbocycles. The first kappa shape index (κ1) is 30.2. The second-order valence-electron chi connectivity index (χ2n) is 10.6. The van der Waals surface area contributed by atoms with Crippen LogP contribution in [-0.4, -0.2) is 52.1 Å². The predicted molar refractivity (Wildman–Crippen MR) is 173 cm³/mol. The number of fused-ring (bicyclic) bond motifs is 2. The van der Waals surface area contributed by atoms with Gasteiger partial charge in [-0.1, -0.05) is 12.1 Å². The number of rotatable bonds is 9. The second-order valence-corrected chi connectivity index (χ2v) is 12.0. The summed E-state index contributed by atoms with van der Waals surface area (Å²) in [6, 6.07) is 19.4. The molecule has 45 heavy (non-hydrogen) atoms. The number of hydrogen-bond acceptors (Lipinski definition) is 5. The fraction of sp³-hybridized carbons (Fsp3) is 0.176. The highest BCUT2D eigenvalue weighted by Crippen LogP contribution is 2.41. The Hall–Kier alpha value is -4.87. The third-order valence-electron chi connectivity index (χ3n) is 7.82. The molecule has 1 atom stereocenters. The van der Waals surface area contributed by atoms with Crippen LogP contribution in [0.5, 0.6) is 0 Å². The molecule has 3 aromatic heterocycles. The van der Waals surface area contributed by atoms with Gasteiger partial charge in [-0.2, -0.15) is 0 Å². The van der Waals surface area contributed by atoms with E-state index in [0.29, 0.717) is 68.6 Å². The molecule has 0 radical (unpaired) electrons. The van der Waals surface area contributed by atoms with Gasteiger partial charge < -0.3 is 19.8 Å². The molecule has 1 unspecified atom stereocenters. The SMILES string of the molecule is CNC(=O)c1c(-c2ccc(F)cc2)oc2cc(N(C)S(C)=O)c(-c3ccc(CCCO)c(-c4cc5c(F)cccc5[nH]4)n3)cc12. The van der Waals surface area contributed by atoms with Crippen LogP contribution in [0, 0.1) is 11.6 Å². The Bertz CT molecular complexity index is 2090. The van der Waals surface area contributed by atoms with E-state index in [9.17, 15) is 22.9 Å². The lowest BCUT2D eigenvalue weighted by molar-refractivity contribution is 0.0964. The van der Waals surface area contributed by atoms with Crippen LogP contribution in [-0.2, 0) is 17.4 Å². The number of nitrogens with one attached hydrogen (secondary N) is 2. The molecule has 3 aromatic carbocycles. The molecular formula is C34H30F2N4O4S. The Morgan fingerprint density at radius 1 is 1.07 bits per heavy atom. The standard InChI is InChI=1S/C34H30F2N4O4S/c1-37-34(42)31-24-16-23(29(40(2)45(3)43)18-30(24)44-33(31)20-9-12-21(35)13-10-20)27-14-11-19(6-5-15-41)32(39-27)28-17-22-25(36)7-4-8-26(22)38-28/h4,7-14,16-18,38,41H,5-6,15H2,1-3H3,(H,37,42). The highest BCUT2D eigenvalue weighted by Gasteiger charge is 2.26. The van der Waals surface area contributed by atoms with Gasteiger partial charge in [0.05, 0.1) is 28.3 Å². The molecule has 0 saturated heterocycles. The lowest BCUT2D eigenvalue weighted by atomic mass is 9.99. The normalized spacial score (nSPS) is 12.1. The number of aliphatic hydroxyl groups is 1. The summed E-state index contributed by atoms with van der Waals surface area (Å²) in [7, 11) is 1.76. The number of aromatic amines is 1. The number of pyridine rings is 1. The summed E-state index contributed by atoms with van der Waals surface area (Å²) in [5, 5.41) is 13.1. The summed E-state index contributed by atoms with van der Waals surface area (Å²) in [4.78, 5) is 21.6. The third kappa shape index (κ3) is 5.60. The monoisotopic (exact) mass is 628 g/mol. The van der Waals surface area contributed by atoms with E-state index in [-0.39, 0.29) is 23.7 Å². The van der Waals surface area contributed by atoms with Crippen molar-refractivity contribution >= 4 is 44.5 Å². The van der Waals surface area contributed by atoms with Gasteiger partial charge in [-0.3, -0.25) is 9.10 Å². The highest BCUT2D eigenvalue weighted by atomic mass is 32.2. The van der Waals surface area contributed by atoms with Gasteiger partial charge in [-0.15, -0.1) is 0 Å². The van der Waals surface area contributed by atoms with Crippen LogP contribution in [0.4, 0.5) is 14.5 Å². The molecule has 0 aliphatic carbocycles. The van der Waals surface area contributed by atoms with Gasteiger partial charge in [0.2, 0.25) is 0 Å². The molecule has 230 valence electrons. The maximum atomic E-state index is 14.6. The van der Waals surface area contributed by atoms with Crippen LogP contribution in [0.3, 0.4) is 0 Å². The smallest absolute Gasteiger partial charge is 0.255 e. The number of nitrogens with zero attached hydrogens (tertiary/aromatic N) is 2. The number of amides is 1. The summed E-state index contributed by atoms with van der Waals surface area (Å²) in [5.41, 5.74) is 5.43. The largest absolute Gasteiger partial charge is 0.455 e. The van der Waals surface area contributed by atoms with Gasteiger partial charge in [0, 0.05) is 60.4 Å². The van der Waals surface area contributed by atoms with E-state index in [0.717, 1.165) is 5.56 Å². The average molecular weight is 629 g/mol. The van der Waals surface area contributed by atoms with Crippen molar-refractivity contribution in [3.8, 4) is 34.0 Å². The Morgan fingerprint density at radius 3 is 2.53 bits per heavy atom. The van der Waals surface area contributed by atoms with Crippen molar-refractivity contribution in [1.82, 2.24) is 15.3 Å². The molecule has 8 nitrogen and oxygen atoms in total. The molecule has 0 bridgehead atoms. The average Bonchev–Trinajstić information content (AvgIpc) is 3.65. The van der Waals surface area contributed by atoms with Crippen LogP contribution in [0.25, 0.3) is 55.8 Å². The van der Waals surface area contributed by atoms with Crippen LogP contribution < -0.4 is 9.62 Å². The minimum absolute atomic E-state index is 0.00437. The van der Waals surface area contributed by atoms with E-state index < -0.39 is 22.7 Å². The number of aromatic nitrogens is 2. The summed E-state index contributed by atoms with van der Waals surface area (Å²) < 4.78 is 48.9. The fourth-order valence-electron chi connectivity index (χ4n) is 5.48. The van der Waals surface area contributed by atoms with Gasteiger partial charge in [-0.05, 0) is 73.0 Å². The van der Waals surface area contributed by atoms with Gasteiger partial charge >= 0.3 is 0 Å². The van der Waals surface area contributed by atoms with Crippen LogP contribution in [0.1, 0.15) is 22.3 Å². The van der Waals surface area contributed by atoms with Crippen molar-refractivity contribution in [2.75, 3.05) is 31.3 Å². The minimum Gasteiger partial charge on any atom is -0.455 e. The molecule has 3 heterocycles. The summed E-state index contributed by atoms with van der Waals surface area (Å²) in [5.74, 6) is -0.912. The van der Waals surface area contributed by atoms with Crippen LogP contribution >= 0.6 is 0 Å². The minimum atomic E-state index is -1.43. The van der Waals surface area contributed by atoms with Gasteiger partial charge in [0.1, 0.15) is 34.0 Å². The van der Waals surface area contributed by atoms with E-state index in [2.05, 4.69) is 10.3 Å². The van der Waals surface area contributed by atoms with E-state index in [1.165, 1.54) is 37.4 Å². The number of halogens is 2. The molecule has 0 aliphatic heterocycles. The topological polar surface area (TPSA) is 111 Å². The van der Waals surface area contributed by atoms with E-state index >= 15 is 0 Å². The maximum absolute atomic E-state index is 14.6. The summed E-state index contributed by atoms with van der Waals surface area (Å²) >= 11 is 0. The van der Waals surface area contributed by atoms with Gasteiger partial charge in [0.25, 0.3) is 5.91 Å². The second kappa shape index (κ2) is 12.3.